The molecule has 0 aromatic heterocycles. The number of nitrogens with zero attached hydrogens (tertiary/aromatic N) is 1. The Hall–Kier alpha value is -0.340. The summed E-state index contributed by atoms with van der Waals surface area (Å²) in [7, 11) is 2.27. The van der Waals surface area contributed by atoms with Crippen molar-refractivity contribution in [1.82, 2.24) is 10.2 Å². The minimum absolute atomic E-state index is 0.810. The predicted molar refractivity (Wildman–Crippen MR) is 67.1 cm³/mol. The highest BCUT2D eigenvalue weighted by Gasteiger charge is 2.24. The summed E-state index contributed by atoms with van der Waals surface area (Å²) in [5.74, 6) is 0.878. The van der Waals surface area contributed by atoms with Crippen LogP contribution >= 0.6 is 0 Å². The zero-order chi connectivity index (χ0) is 11.1. The van der Waals surface area contributed by atoms with Crippen molar-refractivity contribution in [2.45, 2.75) is 38.6 Å². The van der Waals surface area contributed by atoms with Gasteiger partial charge in [-0.3, -0.25) is 0 Å². The number of likely N-dealkylation sites (N-methyl/N-ethyl adjacent to an activating group) is 1. The highest BCUT2D eigenvalue weighted by atomic mass is 15.1. The molecule has 0 heterocycles. The predicted octanol–water partition coefficient (Wildman–Crippen LogP) is 2.27. The van der Waals surface area contributed by atoms with Gasteiger partial charge in [0.2, 0.25) is 0 Å². The fourth-order valence-corrected chi connectivity index (χ4v) is 2.58. The maximum atomic E-state index is 3.70. The third-order valence-corrected chi connectivity index (χ3v) is 3.56. The first-order chi connectivity index (χ1) is 7.25. The van der Waals surface area contributed by atoms with Gasteiger partial charge < -0.3 is 10.2 Å². The maximum Gasteiger partial charge on any atom is 0.0132 e. The Morgan fingerprint density at radius 2 is 2.13 bits per heavy atom. The molecule has 1 aliphatic rings. The minimum atomic E-state index is 0.810. The molecule has 0 aliphatic heterocycles. The lowest BCUT2D eigenvalue weighted by molar-refractivity contribution is 0.141. The third-order valence-electron chi connectivity index (χ3n) is 3.56. The summed E-state index contributed by atoms with van der Waals surface area (Å²) >= 11 is 0. The van der Waals surface area contributed by atoms with E-state index in [2.05, 4.69) is 30.8 Å². The van der Waals surface area contributed by atoms with Crippen molar-refractivity contribution in [3.8, 4) is 0 Å². The van der Waals surface area contributed by atoms with Crippen molar-refractivity contribution >= 4 is 0 Å². The summed E-state index contributed by atoms with van der Waals surface area (Å²) in [5, 5.41) is 3.36. The molecule has 1 rings (SSSR count). The molecular weight excluding hydrogens is 184 g/mol. The van der Waals surface area contributed by atoms with Gasteiger partial charge >= 0.3 is 0 Å². The molecule has 15 heavy (non-hydrogen) atoms. The van der Waals surface area contributed by atoms with Gasteiger partial charge in [-0.15, -0.1) is 6.58 Å². The van der Waals surface area contributed by atoms with Gasteiger partial charge in [-0.1, -0.05) is 25.8 Å². The van der Waals surface area contributed by atoms with Gasteiger partial charge in [-0.05, 0) is 25.8 Å². The van der Waals surface area contributed by atoms with Crippen molar-refractivity contribution in [2.24, 2.45) is 5.92 Å². The maximum absolute atomic E-state index is 3.70. The van der Waals surface area contributed by atoms with Crippen LogP contribution in [0.2, 0.25) is 0 Å². The van der Waals surface area contributed by atoms with Crippen LogP contribution in [0.3, 0.4) is 0 Å². The fourth-order valence-electron chi connectivity index (χ4n) is 2.58. The molecule has 1 aliphatic carbocycles. The fraction of sp³-hybridized carbons (Fsp3) is 0.846. The van der Waals surface area contributed by atoms with E-state index in [1.165, 1.54) is 25.7 Å². The second kappa shape index (κ2) is 7.02. The lowest BCUT2D eigenvalue weighted by Crippen LogP contribution is -2.42. The second-order valence-electron chi connectivity index (χ2n) is 4.80. The van der Waals surface area contributed by atoms with Crippen LogP contribution in [-0.2, 0) is 0 Å². The Bertz CT molecular complexity index is 179. The molecule has 0 aromatic carbocycles. The summed E-state index contributed by atoms with van der Waals surface area (Å²) in [6, 6.07) is 0.810. The Morgan fingerprint density at radius 3 is 2.80 bits per heavy atom. The molecule has 2 heteroatoms. The molecule has 0 aromatic rings. The zero-order valence-electron chi connectivity index (χ0n) is 10.3. The van der Waals surface area contributed by atoms with Gasteiger partial charge in [0.15, 0.2) is 0 Å². The summed E-state index contributed by atoms with van der Waals surface area (Å²) in [5.41, 5.74) is 0. The number of rotatable bonds is 6. The quantitative estimate of drug-likeness (QED) is 0.534. The van der Waals surface area contributed by atoms with Crippen molar-refractivity contribution in [3.05, 3.63) is 12.7 Å². The van der Waals surface area contributed by atoms with Crippen LogP contribution < -0.4 is 5.32 Å². The van der Waals surface area contributed by atoms with Crippen molar-refractivity contribution in [2.75, 3.05) is 26.7 Å². The molecule has 0 saturated heterocycles. The first kappa shape index (κ1) is 12.7. The average molecular weight is 210 g/mol. The van der Waals surface area contributed by atoms with Crippen LogP contribution in [0.4, 0.5) is 0 Å². The smallest absolute Gasteiger partial charge is 0.0132 e. The molecule has 2 unspecified atom stereocenters. The highest BCUT2D eigenvalue weighted by molar-refractivity contribution is 4.80. The van der Waals surface area contributed by atoms with E-state index in [1.807, 2.05) is 6.08 Å². The van der Waals surface area contributed by atoms with Crippen LogP contribution in [0.1, 0.15) is 32.6 Å². The monoisotopic (exact) mass is 210 g/mol. The van der Waals surface area contributed by atoms with Crippen molar-refractivity contribution < 1.29 is 0 Å². The van der Waals surface area contributed by atoms with Gasteiger partial charge in [-0.25, -0.2) is 0 Å². The van der Waals surface area contributed by atoms with Crippen molar-refractivity contribution in [1.29, 1.82) is 0 Å². The Balaban J connectivity index is 2.19. The topological polar surface area (TPSA) is 15.3 Å². The van der Waals surface area contributed by atoms with Crippen LogP contribution in [-0.4, -0.2) is 37.6 Å². The van der Waals surface area contributed by atoms with Crippen LogP contribution in [0, 0.1) is 5.92 Å². The van der Waals surface area contributed by atoms with E-state index < -0.39 is 0 Å². The van der Waals surface area contributed by atoms with Gasteiger partial charge in [0.05, 0.1) is 0 Å². The SMILES string of the molecule is C=CCNCCN(C)C1CCCCC1C. The van der Waals surface area contributed by atoms with E-state index in [0.717, 1.165) is 31.6 Å². The number of hydrogen-bond donors (Lipinski definition) is 1. The highest BCUT2D eigenvalue weighted by Crippen LogP contribution is 2.26. The molecule has 0 spiro atoms. The third kappa shape index (κ3) is 4.35. The normalized spacial score (nSPS) is 26.9. The molecule has 2 atom stereocenters. The van der Waals surface area contributed by atoms with Crippen LogP contribution in [0.5, 0.6) is 0 Å². The van der Waals surface area contributed by atoms with Crippen LogP contribution in [0.15, 0.2) is 12.7 Å². The lowest BCUT2D eigenvalue weighted by atomic mass is 9.85. The number of nitrogens with one attached hydrogen (secondary N) is 1. The number of hydrogen-bond acceptors (Lipinski definition) is 2. The molecule has 1 fully saturated rings. The Morgan fingerprint density at radius 1 is 1.40 bits per heavy atom. The minimum Gasteiger partial charge on any atom is -0.312 e. The molecule has 2 nitrogen and oxygen atoms in total. The van der Waals surface area contributed by atoms with E-state index in [1.54, 1.807) is 0 Å². The van der Waals surface area contributed by atoms with E-state index in [0.29, 0.717) is 0 Å². The van der Waals surface area contributed by atoms with E-state index >= 15 is 0 Å². The molecule has 0 radical (unpaired) electrons. The van der Waals surface area contributed by atoms with Crippen molar-refractivity contribution in [3.63, 3.8) is 0 Å². The standard InChI is InChI=1S/C13H26N2/c1-4-9-14-10-11-15(3)13-8-6-5-7-12(13)2/h4,12-14H,1,5-11H2,2-3H3. The van der Waals surface area contributed by atoms with Gasteiger partial charge in [0, 0.05) is 25.7 Å². The molecular formula is C13H26N2. The first-order valence-corrected chi connectivity index (χ1v) is 6.27. The summed E-state index contributed by atoms with van der Waals surface area (Å²) < 4.78 is 0. The Kier molecular flexibility index (Phi) is 5.96. The Labute approximate surface area is 94.7 Å². The molecule has 88 valence electrons. The molecule has 1 saturated carbocycles. The van der Waals surface area contributed by atoms with Gasteiger partial charge in [-0.2, -0.15) is 0 Å². The van der Waals surface area contributed by atoms with E-state index in [4.69, 9.17) is 0 Å². The van der Waals surface area contributed by atoms with Gasteiger partial charge in [0.1, 0.15) is 0 Å². The summed E-state index contributed by atoms with van der Waals surface area (Å²) in [6.45, 7) is 9.26. The van der Waals surface area contributed by atoms with E-state index in [-0.39, 0.29) is 0 Å². The molecule has 0 bridgehead atoms. The lowest BCUT2D eigenvalue weighted by Gasteiger charge is -2.36. The van der Waals surface area contributed by atoms with Gasteiger partial charge in [0.25, 0.3) is 0 Å². The van der Waals surface area contributed by atoms with Crippen LogP contribution in [0.25, 0.3) is 0 Å². The second-order valence-corrected chi connectivity index (χ2v) is 4.80. The largest absolute Gasteiger partial charge is 0.312 e. The average Bonchev–Trinajstić information content (AvgIpc) is 2.25. The summed E-state index contributed by atoms with van der Waals surface area (Å²) in [4.78, 5) is 2.53. The molecule has 0 amide bonds. The first-order valence-electron chi connectivity index (χ1n) is 6.27. The summed E-state index contributed by atoms with van der Waals surface area (Å²) in [6.07, 6.45) is 7.57. The zero-order valence-corrected chi connectivity index (χ0v) is 10.3. The van der Waals surface area contributed by atoms with E-state index in [9.17, 15) is 0 Å². The molecule has 1 N–H and O–H groups in total.